The molecule has 5 heteroatoms. The van der Waals surface area contributed by atoms with Crippen molar-refractivity contribution in [1.82, 2.24) is 15.5 Å². The molecule has 1 heterocycles. The van der Waals surface area contributed by atoms with Gasteiger partial charge in [-0.1, -0.05) is 19.0 Å². The van der Waals surface area contributed by atoms with Crippen LogP contribution in [0.5, 0.6) is 0 Å². The molecule has 0 atom stereocenters. The van der Waals surface area contributed by atoms with Gasteiger partial charge in [-0.15, -0.1) is 0 Å². The van der Waals surface area contributed by atoms with Crippen molar-refractivity contribution in [3.8, 4) is 0 Å². The third kappa shape index (κ3) is 4.14. The molecule has 1 aliphatic rings. The minimum absolute atomic E-state index is 0.606. The summed E-state index contributed by atoms with van der Waals surface area (Å²) >= 11 is 1.83. The largest absolute Gasteiger partial charge is 0.338 e. The average molecular weight is 241 g/mol. The molecule has 0 unspecified atom stereocenters. The molecule has 1 aromatic rings. The van der Waals surface area contributed by atoms with Gasteiger partial charge in [0, 0.05) is 0 Å². The molecule has 16 heavy (non-hydrogen) atoms. The van der Waals surface area contributed by atoms with Gasteiger partial charge < -0.3 is 9.84 Å². The lowest BCUT2D eigenvalue weighted by Crippen LogP contribution is -2.16. The molecular formula is C11H19N3OS. The summed E-state index contributed by atoms with van der Waals surface area (Å²) in [5.74, 6) is 3.24. The summed E-state index contributed by atoms with van der Waals surface area (Å²) in [5, 5.41) is 7.90. The van der Waals surface area contributed by atoms with Crippen molar-refractivity contribution in [3.63, 3.8) is 0 Å². The van der Waals surface area contributed by atoms with Crippen molar-refractivity contribution in [2.75, 3.05) is 6.54 Å². The van der Waals surface area contributed by atoms with Crippen LogP contribution in [0.15, 0.2) is 4.52 Å². The standard InChI is InChI=1S/C11H19N3OS/c1-8(2)16-7-10-13-11(15-14-10)6-12-5-9-3-4-9/h8-9,12H,3-7H2,1-2H3. The third-order valence-electron chi connectivity index (χ3n) is 2.46. The van der Waals surface area contributed by atoms with Crippen LogP contribution in [0.3, 0.4) is 0 Å². The van der Waals surface area contributed by atoms with E-state index < -0.39 is 0 Å². The summed E-state index contributed by atoms with van der Waals surface area (Å²) in [4.78, 5) is 4.34. The molecule has 0 radical (unpaired) electrons. The first-order valence-corrected chi connectivity index (χ1v) is 6.92. The zero-order valence-electron chi connectivity index (χ0n) is 9.90. The number of rotatable bonds is 7. The molecule has 90 valence electrons. The summed E-state index contributed by atoms with van der Waals surface area (Å²) < 4.78 is 5.16. The van der Waals surface area contributed by atoms with Crippen LogP contribution in [0.1, 0.15) is 38.4 Å². The first-order valence-electron chi connectivity index (χ1n) is 5.88. The normalized spacial score (nSPS) is 15.9. The van der Waals surface area contributed by atoms with Crippen LogP contribution in [0.4, 0.5) is 0 Å². The van der Waals surface area contributed by atoms with E-state index in [1.165, 1.54) is 12.8 Å². The summed E-state index contributed by atoms with van der Waals surface area (Å²) in [6.45, 7) is 6.13. The molecule has 0 amide bonds. The van der Waals surface area contributed by atoms with Crippen LogP contribution in [0, 0.1) is 5.92 Å². The highest BCUT2D eigenvalue weighted by Gasteiger charge is 2.20. The highest BCUT2D eigenvalue weighted by Crippen LogP contribution is 2.27. The summed E-state index contributed by atoms with van der Waals surface area (Å²) in [6.07, 6.45) is 2.74. The fourth-order valence-electron chi connectivity index (χ4n) is 1.37. The molecular weight excluding hydrogens is 222 g/mol. The predicted octanol–water partition coefficient (Wildman–Crippen LogP) is 2.21. The van der Waals surface area contributed by atoms with Gasteiger partial charge in [0.1, 0.15) is 0 Å². The Morgan fingerprint density at radius 1 is 1.50 bits per heavy atom. The van der Waals surface area contributed by atoms with E-state index in [-0.39, 0.29) is 0 Å². The van der Waals surface area contributed by atoms with Crippen LogP contribution in [-0.4, -0.2) is 21.9 Å². The molecule has 0 saturated heterocycles. The number of hydrogen-bond acceptors (Lipinski definition) is 5. The Morgan fingerprint density at radius 3 is 3.00 bits per heavy atom. The topological polar surface area (TPSA) is 51.0 Å². The van der Waals surface area contributed by atoms with E-state index in [2.05, 4.69) is 29.3 Å². The molecule has 4 nitrogen and oxygen atoms in total. The SMILES string of the molecule is CC(C)SCc1noc(CNCC2CC2)n1. The summed E-state index contributed by atoms with van der Waals surface area (Å²) in [5.41, 5.74) is 0. The maximum absolute atomic E-state index is 5.16. The zero-order valence-corrected chi connectivity index (χ0v) is 10.7. The molecule has 1 N–H and O–H groups in total. The lowest BCUT2D eigenvalue weighted by atomic mass is 10.4. The van der Waals surface area contributed by atoms with Crippen molar-refractivity contribution in [1.29, 1.82) is 0 Å². The Kier molecular flexibility index (Phi) is 4.23. The van der Waals surface area contributed by atoms with Crippen molar-refractivity contribution < 1.29 is 4.52 Å². The van der Waals surface area contributed by atoms with Gasteiger partial charge in [0.25, 0.3) is 0 Å². The van der Waals surface area contributed by atoms with E-state index in [9.17, 15) is 0 Å². The second kappa shape index (κ2) is 5.68. The summed E-state index contributed by atoms with van der Waals surface area (Å²) in [7, 11) is 0. The van der Waals surface area contributed by atoms with Crippen LogP contribution in [0.2, 0.25) is 0 Å². The third-order valence-corrected chi connectivity index (χ3v) is 3.55. The van der Waals surface area contributed by atoms with E-state index in [4.69, 9.17) is 4.52 Å². The lowest BCUT2D eigenvalue weighted by molar-refractivity contribution is 0.363. The fourth-order valence-corrected chi connectivity index (χ4v) is 1.97. The molecule has 1 aromatic heterocycles. The second-order valence-electron chi connectivity index (χ2n) is 4.54. The van der Waals surface area contributed by atoms with E-state index in [1.54, 1.807) is 0 Å². The number of thioether (sulfide) groups is 1. The number of aromatic nitrogens is 2. The van der Waals surface area contributed by atoms with Gasteiger partial charge in [-0.05, 0) is 30.6 Å². The molecule has 2 rings (SSSR count). The second-order valence-corrected chi connectivity index (χ2v) is 6.10. The fraction of sp³-hybridized carbons (Fsp3) is 0.818. The van der Waals surface area contributed by atoms with Gasteiger partial charge in [0.15, 0.2) is 5.82 Å². The van der Waals surface area contributed by atoms with Gasteiger partial charge in [-0.3, -0.25) is 0 Å². The van der Waals surface area contributed by atoms with Crippen LogP contribution < -0.4 is 5.32 Å². The van der Waals surface area contributed by atoms with E-state index in [1.807, 2.05) is 11.8 Å². The minimum atomic E-state index is 0.606. The Balaban J connectivity index is 1.68. The van der Waals surface area contributed by atoms with Crippen molar-refractivity contribution in [2.24, 2.45) is 5.92 Å². The molecule has 1 fully saturated rings. The Hall–Kier alpha value is -0.550. The van der Waals surface area contributed by atoms with E-state index in [0.717, 1.165) is 24.0 Å². The predicted molar refractivity (Wildman–Crippen MR) is 65.2 cm³/mol. The van der Waals surface area contributed by atoms with Gasteiger partial charge in [-0.25, -0.2) is 0 Å². The molecule has 1 saturated carbocycles. The Bertz CT molecular complexity index is 323. The molecule has 0 spiro atoms. The van der Waals surface area contributed by atoms with Crippen molar-refractivity contribution in [2.45, 2.75) is 44.2 Å². The molecule has 0 aromatic carbocycles. The average Bonchev–Trinajstić information content (AvgIpc) is 2.94. The van der Waals surface area contributed by atoms with Crippen LogP contribution in [0.25, 0.3) is 0 Å². The summed E-state index contributed by atoms with van der Waals surface area (Å²) in [6, 6.07) is 0. The van der Waals surface area contributed by atoms with Crippen molar-refractivity contribution in [3.05, 3.63) is 11.7 Å². The number of nitrogens with zero attached hydrogens (tertiary/aromatic N) is 2. The highest BCUT2D eigenvalue weighted by atomic mass is 32.2. The molecule has 1 aliphatic carbocycles. The monoisotopic (exact) mass is 241 g/mol. The quantitative estimate of drug-likeness (QED) is 0.793. The van der Waals surface area contributed by atoms with Gasteiger partial charge in [-0.2, -0.15) is 16.7 Å². The Morgan fingerprint density at radius 2 is 2.31 bits per heavy atom. The van der Waals surface area contributed by atoms with E-state index in [0.29, 0.717) is 17.7 Å². The lowest BCUT2D eigenvalue weighted by Gasteiger charge is -1.99. The smallest absolute Gasteiger partial charge is 0.240 e. The molecule has 0 aliphatic heterocycles. The van der Waals surface area contributed by atoms with Crippen LogP contribution in [-0.2, 0) is 12.3 Å². The van der Waals surface area contributed by atoms with Crippen LogP contribution >= 0.6 is 11.8 Å². The van der Waals surface area contributed by atoms with Crippen molar-refractivity contribution >= 4 is 11.8 Å². The first-order chi connectivity index (χ1) is 7.74. The zero-order chi connectivity index (χ0) is 11.4. The Labute approximate surface area is 101 Å². The minimum Gasteiger partial charge on any atom is -0.338 e. The van der Waals surface area contributed by atoms with Gasteiger partial charge in [0.2, 0.25) is 5.89 Å². The van der Waals surface area contributed by atoms with Gasteiger partial charge in [0.05, 0.1) is 12.3 Å². The number of nitrogens with one attached hydrogen (secondary N) is 1. The maximum atomic E-state index is 5.16. The highest BCUT2D eigenvalue weighted by molar-refractivity contribution is 7.99. The van der Waals surface area contributed by atoms with E-state index >= 15 is 0 Å². The first kappa shape index (κ1) is 11.9. The maximum Gasteiger partial charge on any atom is 0.240 e. The molecule has 0 bridgehead atoms. The van der Waals surface area contributed by atoms with Gasteiger partial charge >= 0.3 is 0 Å². The number of hydrogen-bond donors (Lipinski definition) is 1.